The van der Waals surface area contributed by atoms with Crippen molar-refractivity contribution in [3.8, 4) is 0 Å². The van der Waals surface area contributed by atoms with E-state index in [1.165, 1.54) is 54.2 Å². The van der Waals surface area contributed by atoms with Gasteiger partial charge in [-0.15, -0.1) is 11.3 Å². The number of hydrogen-bond acceptors (Lipinski definition) is 3. The van der Waals surface area contributed by atoms with Gasteiger partial charge in [0.05, 0.1) is 4.88 Å². The first-order chi connectivity index (χ1) is 14.1. The number of carbonyl (C=O) groups excluding carboxylic acids is 2. The van der Waals surface area contributed by atoms with Crippen LogP contribution in [0.1, 0.15) is 73.0 Å². The molecule has 1 aromatic carbocycles. The molecule has 0 N–H and O–H groups in total. The lowest BCUT2D eigenvalue weighted by atomic mass is 9.73. The van der Waals surface area contributed by atoms with Crippen molar-refractivity contribution in [3.05, 3.63) is 34.7 Å². The summed E-state index contributed by atoms with van der Waals surface area (Å²) in [5, 5.41) is 1.21. The molecule has 3 aliphatic rings. The average Bonchev–Trinajstić information content (AvgIpc) is 3.44. The van der Waals surface area contributed by atoms with Crippen LogP contribution in [0.3, 0.4) is 0 Å². The van der Waals surface area contributed by atoms with Crippen LogP contribution in [0.25, 0.3) is 10.1 Å². The fourth-order valence-corrected chi connectivity index (χ4v) is 7.13. The number of carbonyl (C=O) groups is 2. The van der Waals surface area contributed by atoms with Crippen molar-refractivity contribution < 1.29 is 9.59 Å². The molecule has 0 radical (unpaired) electrons. The normalized spacial score (nSPS) is 24.0. The second kappa shape index (κ2) is 7.42. The molecular weight excluding hydrogens is 380 g/mol. The van der Waals surface area contributed by atoms with Crippen LogP contribution in [0.4, 0.5) is 0 Å². The van der Waals surface area contributed by atoms with Gasteiger partial charge in [-0.25, -0.2) is 0 Å². The third kappa shape index (κ3) is 3.37. The van der Waals surface area contributed by atoms with Crippen LogP contribution >= 0.6 is 11.3 Å². The van der Waals surface area contributed by atoms with Crippen molar-refractivity contribution in [2.75, 3.05) is 26.2 Å². The molecule has 1 spiro atoms. The maximum Gasteiger partial charge on any atom is 0.264 e. The van der Waals surface area contributed by atoms with Crippen molar-refractivity contribution >= 4 is 33.2 Å². The fourth-order valence-electron chi connectivity index (χ4n) is 5.87. The quantitative estimate of drug-likeness (QED) is 0.696. The zero-order valence-electron chi connectivity index (χ0n) is 17.3. The molecule has 3 heterocycles. The molecule has 5 rings (SSSR count). The Bertz CT molecular complexity index is 944. The van der Waals surface area contributed by atoms with Crippen LogP contribution < -0.4 is 0 Å². The molecule has 2 saturated heterocycles. The Labute approximate surface area is 176 Å². The van der Waals surface area contributed by atoms with E-state index in [2.05, 4.69) is 29.2 Å². The van der Waals surface area contributed by atoms with Crippen molar-refractivity contribution in [2.45, 2.75) is 57.8 Å². The molecule has 29 heavy (non-hydrogen) atoms. The molecule has 2 aromatic rings. The van der Waals surface area contributed by atoms with Gasteiger partial charge in [0.1, 0.15) is 0 Å². The summed E-state index contributed by atoms with van der Waals surface area (Å²) in [6.45, 7) is 5.01. The minimum atomic E-state index is 0.138. The SMILES string of the molecule is CC(=O)N1CCC(c2c(C(=O)N3CCC4(CCCCC4)C3)sc3ccccc23)C1. The van der Waals surface area contributed by atoms with E-state index in [1.54, 1.807) is 18.3 Å². The number of hydrogen-bond donors (Lipinski definition) is 0. The Kier molecular flexibility index (Phi) is 4.89. The molecule has 1 atom stereocenters. The first kappa shape index (κ1) is 19.1. The van der Waals surface area contributed by atoms with E-state index < -0.39 is 0 Å². The lowest BCUT2D eigenvalue weighted by Crippen LogP contribution is -2.33. The Morgan fingerprint density at radius 3 is 2.59 bits per heavy atom. The Morgan fingerprint density at radius 2 is 1.83 bits per heavy atom. The number of fused-ring (bicyclic) bond motifs is 1. The summed E-state index contributed by atoms with van der Waals surface area (Å²) in [7, 11) is 0. The summed E-state index contributed by atoms with van der Waals surface area (Å²) < 4.78 is 1.19. The highest BCUT2D eigenvalue weighted by atomic mass is 32.1. The van der Waals surface area contributed by atoms with Gasteiger partial charge in [0.25, 0.3) is 5.91 Å². The van der Waals surface area contributed by atoms with Gasteiger partial charge in [-0.2, -0.15) is 0 Å². The molecule has 4 nitrogen and oxygen atoms in total. The third-order valence-corrected chi connectivity index (χ3v) is 8.68. The molecule has 3 fully saturated rings. The number of rotatable bonds is 2. The number of benzene rings is 1. The van der Waals surface area contributed by atoms with Gasteiger partial charge in [0.15, 0.2) is 0 Å². The van der Waals surface area contributed by atoms with E-state index in [0.29, 0.717) is 5.41 Å². The largest absolute Gasteiger partial charge is 0.342 e. The summed E-state index contributed by atoms with van der Waals surface area (Å²) in [6.07, 6.45) is 8.67. The van der Waals surface area contributed by atoms with Gasteiger partial charge >= 0.3 is 0 Å². The summed E-state index contributed by atoms with van der Waals surface area (Å²) in [4.78, 5) is 30.6. The molecule has 1 saturated carbocycles. The molecular formula is C24H30N2O2S. The Hall–Kier alpha value is -1.88. The molecule has 1 aromatic heterocycles. The summed E-state index contributed by atoms with van der Waals surface area (Å²) in [5.41, 5.74) is 1.58. The monoisotopic (exact) mass is 410 g/mol. The number of nitrogens with zero attached hydrogens (tertiary/aromatic N) is 2. The topological polar surface area (TPSA) is 40.6 Å². The van der Waals surface area contributed by atoms with Gasteiger partial charge < -0.3 is 9.80 Å². The fraction of sp³-hybridized carbons (Fsp3) is 0.583. The molecule has 154 valence electrons. The molecule has 5 heteroatoms. The summed E-state index contributed by atoms with van der Waals surface area (Å²) in [5.74, 6) is 0.629. The maximum absolute atomic E-state index is 13.7. The molecule has 1 unspecified atom stereocenters. The summed E-state index contributed by atoms with van der Waals surface area (Å²) in [6, 6.07) is 8.41. The lowest BCUT2D eigenvalue weighted by Gasteiger charge is -2.33. The standard InChI is InChI=1S/C24H30N2O2S/c1-17(27)25-13-9-18(15-25)21-19-7-3-4-8-20(19)29-22(21)23(28)26-14-12-24(16-26)10-5-2-6-11-24/h3-4,7-8,18H,2,5-6,9-16H2,1H3. The van der Waals surface area contributed by atoms with Crippen LogP contribution in [0, 0.1) is 5.41 Å². The van der Waals surface area contributed by atoms with Gasteiger partial charge in [0.2, 0.25) is 5.91 Å². The molecule has 0 bridgehead atoms. The predicted molar refractivity (Wildman–Crippen MR) is 117 cm³/mol. The second-order valence-corrected chi connectivity index (χ2v) is 10.4. The maximum atomic E-state index is 13.7. The van der Waals surface area contributed by atoms with Crippen molar-refractivity contribution in [2.24, 2.45) is 5.41 Å². The highest BCUT2D eigenvalue weighted by Crippen LogP contribution is 2.46. The smallest absolute Gasteiger partial charge is 0.264 e. The van der Waals surface area contributed by atoms with E-state index in [0.717, 1.165) is 37.5 Å². The van der Waals surface area contributed by atoms with Gasteiger partial charge in [-0.05, 0) is 48.1 Å². The highest BCUT2D eigenvalue weighted by molar-refractivity contribution is 7.21. The first-order valence-corrected chi connectivity index (χ1v) is 11.9. The van der Waals surface area contributed by atoms with Crippen molar-refractivity contribution in [1.82, 2.24) is 9.80 Å². The molecule has 2 amide bonds. The van der Waals surface area contributed by atoms with Gasteiger partial charge in [-0.3, -0.25) is 9.59 Å². The van der Waals surface area contributed by atoms with Gasteiger partial charge in [0, 0.05) is 43.7 Å². The Morgan fingerprint density at radius 1 is 1.03 bits per heavy atom. The number of amides is 2. The Balaban J connectivity index is 1.47. The van der Waals surface area contributed by atoms with Gasteiger partial charge in [-0.1, -0.05) is 37.5 Å². The van der Waals surface area contributed by atoms with E-state index in [9.17, 15) is 9.59 Å². The minimum Gasteiger partial charge on any atom is -0.342 e. The van der Waals surface area contributed by atoms with E-state index in [-0.39, 0.29) is 17.7 Å². The van der Waals surface area contributed by atoms with Crippen LogP contribution in [-0.4, -0.2) is 47.8 Å². The van der Waals surface area contributed by atoms with Crippen LogP contribution in [0.5, 0.6) is 0 Å². The molecule has 1 aliphatic carbocycles. The third-order valence-electron chi connectivity index (χ3n) is 7.51. The average molecular weight is 411 g/mol. The number of likely N-dealkylation sites (tertiary alicyclic amines) is 2. The zero-order valence-corrected chi connectivity index (χ0v) is 18.1. The number of thiophene rings is 1. The predicted octanol–water partition coefficient (Wildman–Crippen LogP) is 5.03. The van der Waals surface area contributed by atoms with E-state index in [4.69, 9.17) is 0 Å². The van der Waals surface area contributed by atoms with E-state index in [1.807, 2.05) is 4.90 Å². The highest BCUT2D eigenvalue weighted by Gasteiger charge is 2.42. The van der Waals surface area contributed by atoms with Crippen molar-refractivity contribution in [3.63, 3.8) is 0 Å². The van der Waals surface area contributed by atoms with E-state index >= 15 is 0 Å². The zero-order chi connectivity index (χ0) is 20.0. The van der Waals surface area contributed by atoms with Crippen LogP contribution in [-0.2, 0) is 4.79 Å². The summed E-state index contributed by atoms with van der Waals surface area (Å²) >= 11 is 1.66. The van der Waals surface area contributed by atoms with Crippen LogP contribution in [0.15, 0.2) is 24.3 Å². The van der Waals surface area contributed by atoms with Crippen LogP contribution in [0.2, 0.25) is 0 Å². The lowest BCUT2D eigenvalue weighted by molar-refractivity contribution is -0.127. The minimum absolute atomic E-state index is 0.138. The first-order valence-electron chi connectivity index (χ1n) is 11.1. The molecule has 2 aliphatic heterocycles. The second-order valence-electron chi connectivity index (χ2n) is 9.33. The van der Waals surface area contributed by atoms with Crippen molar-refractivity contribution in [1.29, 1.82) is 0 Å².